The Balaban J connectivity index is 1.44. The minimum absolute atomic E-state index is 0.0395. The molecule has 0 radical (unpaired) electrons. The summed E-state index contributed by atoms with van der Waals surface area (Å²) in [5, 5.41) is 2.79. The van der Waals surface area contributed by atoms with Crippen LogP contribution in [0.15, 0.2) is 83.8 Å². The molecule has 0 unspecified atom stereocenters. The van der Waals surface area contributed by atoms with E-state index >= 15 is 0 Å². The summed E-state index contributed by atoms with van der Waals surface area (Å²) in [4.78, 5) is 12.7. The van der Waals surface area contributed by atoms with Crippen LogP contribution in [0, 0.1) is 0 Å². The van der Waals surface area contributed by atoms with Gasteiger partial charge in [-0.2, -0.15) is 0 Å². The van der Waals surface area contributed by atoms with E-state index in [0.717, 1.165) is 0 Å². The van der Waals surface area contributed by atoms with Crippen LogP contribution in [-0.4, -0.2) is 40.6 Å². The molecule has 0 saturated carbocycles. The van der Waals surface area contributed by atoms with E-state index in [0.29, 0.717) is 23.8 Å². The molecular formula is C23H22N2O5S. The fourth-order valence-corrected chi connectivity index (χ4v) is 4.45. The van der Waals surface area contributed by atoms with Gasteiger partial charge in [0.25, 0.3) is 15.9 Å². The number of benzene rings is 3. The second kappa shape index (κ2) is 8.69. The summed E-state index contributed by atoms with van der Waals surface area (Å²) in [6, 6.07) is 22.1. The lowest BCUT2D eigenvalue weighted by atomic mass is 10.2. The normalized spacial score (nSPS) is 15.2. The average molecular weight is 439 g/mol. The van der Waals surface area contributed by atoms with Crippen LogP contribution in [0.3, 0.4) is 0 Å². The lowest BCUT2D eigenvalue weighted by molar-refractivity contribution is 0.0789. The standard InChI is InChI=1S/C23H22N2O5S/c1-25(18-9-3-2-4-10-18)31(27,28)20-11-7-8-17(14-20)23(26)24-15-19-16-29-21-12-5-6-13-22(21)30-19/h2-14,19H,15-16H2,1H3,(H,24,26)/t19-/m0/s1. The maximum absolute atomic E-state index is 13.0. The van der Waals surface area contributed by atoms with Gasteiger partial charge in [0.1, 0.15) is 12.7 Å². The zero-order valence-corrected chi connectivity index (χ0v) is 17.7. The summed E-state index contributed by atoms with van der Waals surface area (Å²) in [6.07, 6.45) is -0.338. The third-order valence-corrected chi connectivity index (χ3v) is 6.71. The largest absolute Gasteiger partial charge is 0.486 e. The number of para-hydroxylation sites is 3. The highest BCUT2D eigenvalue weighted by Gasteiger charge is 2.24. The van der Waals surface area contributed by atoms with Crippen LogP contribution in [0.5, 0.6) is 11.5 Å². The quantitative estimate of drug-likeness (QED) is 0.639. The number of ether oxygens (including phenoxy) is 2. The van der Waals surface area contributed by atoms with Gasteiger partial charge < -0.3 is 14.8 Å². The smallest absolute Gasteiger partial charge is 0.264 e. The molecule has 3 aromatic rings. The third kappa shape index (κ3) is 4.49. The predicted octanol–water partition coefficient (Wildman–Crippen LogP) is 3.08. The number of fused-ring (bicyclic) bond motifs is 1. The number of sulfonamides is 1. The van der Waals surface area contributed by atoms with E-state index in [2.05, 4.69) is 5.32 Å². The van der Waals surface area contributed by atoms with E-state index in [1.807, 2.05) is 24.3 Å². The molecule has 160 valence electrons. The first kappa shape index (κ1) is 20.7. The third-order valence-electron chi connectivity index (χ3n) is 4.93. The summed E-state index contributed by atoms with van der Waals surface area (Å²) < 4.78 is 38.6. The fraction of sp³-hybridized carbons (Fsp3) is 0.174. The fourth-order valence-electron chi connectivity index (χ4n) is 3.20. The number of carbonyl (C=O) groups excluding carboxylic acids is 1. The van der Waals surface area contributed by atoms with Crippen LogP contribution in [-0.2, 0) is 10.0 Å². The second-order valence-corrected chi connectivity index (χ2v) is 9.01. The Morgan fingerprint density at radius 2 is 1.71 bits per heavy atom. The van der Waals surface area contributed by atoms with Crippen molar-refractivity contribution in [2.75, 3.05) is 24.5 Å². The Bertz CT molecular complexity index is 1180. The number of hydrogen-bond acceptors (Lipinski definition) is 5. The van der Waals surface area contributed by atoms with Gasteiger partial charge in [-0.25, -0.2) is 8.42 Å². The highest BCUT2D eigenvalue weighted by Crippen LogP contribution is 2.30. The first-order valence-corrected chi connectivity index (χ1v) is 11.2. The highest BCUT2D eigenvalue weighted by molar-refractivity contribution is 7.92. The number of amides is 1. The molecule has 8 heteroatoms. The first-order chi connectivity index (χ1) is 14.9. The lowest BCUT2D eigenvalue weighted by Crippen LogP contribution is -2.40. The Labute approximate surface area is 181 Å². The van der Waals surface area contributed by atoms with Gasteiger partial charge in [0.15, 0.2) is 11.5 Å². The number of hydrogen-bond donors (Lipinski definition) is 1. The van der Waals surface area contributed by atoms with E-state index in [9.17, 15) is 13.2 Å². The molecule has 7 nitrogen and oxygen atoms in total. The van der Waals surface area contributed by atoms with Crippen LogP contribution >= 0.6 is 0 Å². The molecule has 0 spiro atoms. The molecule has 1 N–H and O–H groups in total. The van der Waals surface area contributed by atoms with Gasteiger partial charge >= 0.3 is 0 Å². The molecule has 1 atom stereocenters. The summed E-state index contributed by atoms with van der Waals surface area (Å²) in [7, 11) is -2.33. The molecule has 1 aliphatic heterocycles. The van der Waals surface area contributed by atoms with Gasteiger partial charge in [0, 0.05) is 12.6 Å². The summed E-state index contributed by atoms with van der Waals surface area (Å²) >= 11 is 0. The molecule has 1 heterocycles. The van der Waals surface area contributed by atoms with Gasteiger partial charge in [-0.15, -0.1) is 0 Å². The molecule has 0 aliphatic carbocycles. The van der Waals surface area contributed by atoms with E-state index in [4.69, 9.17) is 9.47 Å². The average Bonchev–Trinajstić information content (AvgIpc) is 2.82. The molecule has 4 rings (SSSR count). The van der Waals surface area contributed by atoms with Crippen molar-refractivity contribution in [1.82, 2.24) is 5.32 Å². The molecule has 0 fully saturated rings. The van der Waals surface area contributed by atoms with Crippen molar-refractivity contribution in [2.24, 2.45) is 0 Å². The van der Waals surface area contributed by atoms with Crippen molar-refractivity contribution < 1.29 is 22.7 Å². The summed E-state index contributed by atoms with van der Waals surface area (Å²) in [5.41, 5.74) is 0.784. The lowest BCUT2D eigenvalue weighted by Gasteiger charge is -2.26. The van der Waals surface area contributed by atoms with Gasteiger partial charge in [-0.1, -0.05) is 36.4 Å². The van der Waals surface area contributed by atoms with Crippen molar-refractivity contribution >= 4 is 21.6 Å². The molecule has 0 bridgehead atoms. The zero-order valence-electron chi connectivity index (χ0n) is 16.9. The monoisotopic (exact) mass is 438 g/mol. The van der Waals surface area contributed by atoms with Crippen LogP contribution in [0.4, 0.5) is 5.69 Å². The predicted molar refractivity (Wildman–Crippen MR) is 117 cm³/mol. The highest BCUT2D eigenvalue weighted by atomic mass is 32.2. The van der Waals surface area contributed by atoms with Gasteiger partial charge in [0.05, 0.1) is 17.1 Å². The van der Waals surface area contributed by atoms with Crippen LogP contribution in [0.25, 0.3) is 0 Å². The molecular weight excluding hydrogens is 416 g/mol. The number of nitrogens with one attached hydrogen (secondary N) is 1. The van der Waals surface area contributed by atoms with E-state index in [-0.39, 0.29) is 29.0 Å². The first-order valence-electron chi connectivity index (χ1n) is 9.76. The van der Waals surface area contributed by atoms with Gasteiger partial charge in [-0.05, 0) is 42.5 Å². The Kier molecular flexibility index (Phi) is 5.81. The molecule has 31 heavy (non-hydrogen) atoms. The van der Waals surface area contributed by atoms with Gasteiger partial charge in [-0.3, -0.25) is 9.10 Å². The summed E-state index contributed by atoms with van der Waals surface area (Å²) in [6.45, 7) is 0.543. The molecule has 1 aliphatic rings. The number of rotatable bonds is 6. The molecule has 0 saturated heterocycles. The maximum Gasteiger partial charge on any atom is 0.264 e. The van der Waals surface area contributed by atoms with E-state index in [1.54, 1.807) is 42.5 Å². The molecule has 1 amide bonds. The maximum atomic E-state index is 13.0. The Morgan fingerprint density at radius 3 is 2.48 bits per heavy atom. The second-order valence-electron chi connectivity index (χ2n) is 7.04. The van der Waals surface area contributed by atoms with Crippen molar-refractivity contribution in [3.05, 3.63) is 84.4 Å². The van der Waals surface area contributed by atoms with Crippen LogP contribution < -0.4 is 19.1 Å². The van der Waals surface area contributed by atoms with E-state index < -0.39 is 10.0 Å². The van der Waals surface area contributed by atoms with Crippen molar-refractivity contribution in [3.8, 4) is 11.5 Å². The van der Waals surface area contributed by atoms with Gasteiger partial charge in [0.2, 0.25) is 0 Å². The van der Waals surface area contributed by atoms with E-state index in [1.165, 1.54) is 23.5 Å². The minimum atomic E-state index is -3.81. The van der Waals surface area contributed by atoms with Crippen molar-refractivity contribution in [2.45, 2.75) is 11.0 Å². The molecule has 3 aromatic carbocycles. The Hall–Kier alpha value is -3.52. The van der Waals surface area contributed by atoms with Crippen LogP contribution in [0.2, 0.25) is 0 Å². The summed E-state index contributed by atoms with van der Waals surface area (Å²) in [5.74, 6) is 0.914. The number of anilines is 1. The SMILES string of the molecule is CN(c1ccccc1)S(=O)(=O)c1cccc(C(=O)NC[C@H]2COc3ccccc3O2)c1. The Morgan fingerprint density at radius 1 is 1.00 bits per heavy atom. The van der Waals surface area contributed by atoms with Crippen molar-refractivity contribution in [1.29, 1.82) is 0 Å². The number of nitrogens with zero attached hydrogens (tertiary/aromatic N) is 1. The molecule has 0 aromatic heterocycles. The van der Waals surface area contributed by atoms with Crippen molar-refractivity contribution in [3.63, 3.8) is 0 Å². The topological polar surface area (TPSA) is 84.9 Å². The zero-order chi connectivity index (χ0) is 21.8. The van der Waals surface area contributed by atoms with Crippen LogP contribution in [0.1, 0.15) is 10.4 Å². The number of carbonyl (C=O) groups is 1. The minimum Gasteiger partial charge on any atom is -0.486 e.